The fourth-order valence-corrected chi connectivity index (χ4v) is 1.66. The molecule has 9 heteroatoms. The standard InChI is InChI=1S/C13H14Cl3NO5/c1-3-21-12(19)17-11(13(14,15)16)22-10(18)8-4-6-9(20-2)7-5-8/h4-7,11H,3H2,1-2H3,(H,17,19)/t11-/m0/s1. The first kappa shape index (κ1) is 18.7. The zero-order valence-corrected chi connectivity index (χ0v) is 14.0. The van der Waals surface area contributed by atoms with Gasteiger partial charge in [-0.1, -0.05) is 34.8 Å². The van der Waals surface area contributed by atoms with E-state index in [-0.39, 0.29) is 12.2 Å². The summed E-state index contributed by atoms with van der Waals surface area (Å²) in [6.45, 7) is 1.72. The second-order valence-corrected chi connectivity index (χ2v) is 6.29. The van der Waals surface area contributed by atoms with E-state index in [1.54, 1.807) is 19.1 Å². The third-order valence-electron chi connectivity index (χ3n) is 2.37. The lowest BCUT2D eigenvalue weighted by atomic mass is 10.2. The fourth-order valence-electron chi connectivity index (χ4n) is 1.36. The highest BCUT2D eigenvalue weighted by molar-refractivity contribution is 6.68. The van der Waals surface area contributed by atoms with E-state index in [0.29, 0.717) is 5.75 Å². The minimum atomic E-state index is -2.06. The Hall–Kier alpha value is -1.37. The van der Waals surface area contributed by atoms with Gasteiger partial charge in [-0.25, -0.2) is 9.59 Å². The molecule has 0 heterocycles. The van der Waals surface area contributed by atoms with Crippen LogP contribution in [0.2, 0.25) is 0 Å². The summed E-state index contributed by atoms with van der Waals surface area (Å²) in [5, 5.41) is 2.16. The van der Waals surface area contributed by atoms with Gasteiger partial charge in [0.25, 0.3) is 0 Å². The van der Waals surface area contributed by atoms with E-state index in [2.05, 4.69) is 10.1 Å². The Labute approximate surface area is 142 Å². The number of benzene rings is 1. The Morgan fingerprint density at radius 2 is 1.82 bits per heavy atom. The quantitative estimate of drug-likeness (QED) is 0.489. The molecule has 0 spiro atoms. The molecule has 0 fully saturated rings. The van der Waals surface area contributed by atoms with Crippen LogP contribution in [0, 0.1) is 0 Å². The van der Waals surface area contributed by atoms with Crippen molar-refractivity contribution < 1.29 is 23.8 Å². The molecule has 22 heavy (non-hydrogen) atoms. The van der Waals surface area contributed by atoms with Crippen LogP contribution in [0.5, 0.6) is 5.75 Å². The molecule has 122 valence electrons. The SMILES string of the molecule is CCOC(=O)N[C@@H](OC(=O)c1ccc(OC)cc1)C(Cl)(Cl)Cl. The van der Waals surface area contributed by atoms with Gasteiger partial charge >= 0.3 is 12.1 Å². The van der Waals surface area contributed by atoms with Gasteiger partial charge in [0, 0.05) is 0 Å². The predicted molar refractivity (Wildman–Crippen MR) is 82.6 cm³/mol. The Morgan fingerprint density at radius 3 is 2.27 bits per heavy atom. The number of alkyl carbamates (subject to hydrolysis) is 1. The summed E-state index contributed by atoms with van der Waals surface area (Å²) in [6.07, 6.45) is -2.38. The normalized spacial score (nSPS) is 12.2. The number of ether oxygens (including phenoxy) is 3. The van der Waals surface area contributed by atoms with Gasteiger partial charge in [-0.2, -0.15) is 0 Å². The Morgan fingerprint density at radius 1 is 1.23 bits per heavy atom. The van der Waals surface area contributed by atoms with E-state index in [9.17, 15) is 9.59 Å². The number of carbonyl (C=O) groups is 2. The number of esters is 1. The summed E-state index contributed by atoms with van der Waals surface area (Å²) < 4.78 is 12.6. The van der Waals surface area contributed by atoms with Gasteiger partial charge in [0.15, 0.2) is 0 Å². The molecular weight excluding hydrogens is 357 g/mol. The van der Waals surface area contributed by atoms with Crippen LogP contribution < -0.4 is 10.1 Å². The van der Waals surface area contributed by atoms with Crippen LogP contribution in [0.15, 0.2) is 24.3 Å². The molecule has 1 atom stereocenters. The minimum absolute atomic E-state index is 0.116. The van der Waals surface area contributed by atoms with Crippen LogP contribution in [-0.4, -0.2) is 35.8 Å². The van der Waals surface area contributed by atoms with Crippen LogP contribution in [-0.2, 0) is 9.47 Å². The van der Waals surface area contributed by atoms with Gasteiger partial charge in [0.1, 0.15) is 5.75 Å². The lowest BCUT2D eigenvalue weighted by molar-refractivity contribution is 0.0219. The van der Waals surface area contributed by atoms with E-state index in [1.807, 2.05) is 0 Å². The van der Waals surface area contributed by atoms with Crippen molar-refractivity contribution in [3.63, 3.8) is 0 Å². The van der Waals surface area contributed by atoms with Crippen molar-refractivity contribution in [2.24, 2.45) is 0 Å². The maximum Gasteiger partial charge on any atom is 0.410 e. The summed E-state index contributed by atoms with van der Waals surface area (Å²) in [5.41, 5.74) is 0.200. The number of hydrogen-bond donors (Lipinski definition) is 1. The first-order valence-electron chi connectivity index (χ1n) is 6.13. The Kier molecular flexibility index (Phi) is 7.06. The minimum Gasteiger partial charge on any atom is -0.497 e. The molecule has 6 nitrogen and oxygen atoms in total. The number of nitrogens with one attached hydrogen (secondary N) is 1. The average Bonchev–Trinajstić information content (AvgIpc) is 2.46. The second-order valence-electron chi connectivity index (χ2n) is 3.92. The molecule has 0 saturated heterocycles. The molecule has 0 aromatic heterocycles. The van der Waals surface area contributed by atoms with Crippen LogP contribution in [0.1, 0.15) is 17.3 Å². The zero-order valence-electron chi connectivity index (χ0n) is 11.8. The number of hydrogen-bond acceptors (Lipinski definition) is 5. The molecule has 1 amide bonds. The van der Waals surface area contributed by atoms with Crippen molar-refractivity contribution in [1.29, 1.82) is 0 Å². The summed E-state index contributed by atoms with van der Waals surface area (Å²) in [5.74, 6) is -0.213. The summed E-state index contributed by atoms with van der Waals surface area (Å²) in [7, 11) is 1.50. The van der Waals surface area contributed by atoms with Crippen molar-refractivity contribution in [2.45, 2.75) is 16.9 Å². The van der Waals surface area contributed by atoms with Crippen LogP contribution in [0.25, 0.3) is 0 Å². The number of halogens is 3. The molecular formula is C13H14Cl3NO5. The molecule has 0 aliphatic heterocycles. The monoisotopic (exact) mass is 369 g/mol. The maximum atomic E-state index is 12.0. The van der Waals surface area contributed by atoms with Crippen molar-refractivity contribution in [3.05, 3.63) is 29.8 Å². The number of rotatable bonds is 5. The molecule has 1 rings (SSSR count). The topological polar surface area (TPSA) is 73.9 Å². The molecule has 0 saturated carbocycles. The first-order chi connectivity index (χ1) is 10.3. The van der Waals surface area contributed by atoms with Crippen molar-refractivity contribution in [3.8, 4) is 5.75 Å². The fraction of sp³-hybridized carbons (Fsp3) is 0.385. The van der Waals surface area contributed by atoms with Crippen LogP contribution in [0.4, 0.5) is 4.79 Å². The van der Waals surface area contributed by atoms with Gasteiger partial charge in [-0.3, -0.25) is 5.32 Å². The molecule has 1 aromatic rings. The Bertz CT molecular complexity index is 515. The summed E-state index contributed by atoms with van der Waals surface area (Å²) in [4.78, 5) is 23.4. The van der Waals surface area contributed by atoms with Crippen LogP contribution in [0.3, 0.4) is 0 Å². The third kappa shape index (κ3) is 5.79. The van der Waals surface area contributed by atoms with Crippen LogP contribution >= 0.6 is 34.8 Å². The number of carbonyl (C=O) groups excluding carboxylic acids is 2. The lowest BCUT2D eigenvalue weighted by Gasteiger charge is -2.24. The van der Waals surface area contributed by atoms with Crippen molar-refractivity contribution >= 4 is 46.9 Å². The van der Waals surface area contributed by atoms with Crippen molar-refractivity contribution in [2.75, 3.05) is 13.7 Å². The lowest BCUT2D eigenvalue weighted by Crippen LogP contribution is -2.47. The highest BCUT2D eigenvalue weighted by Gasteiger charge is 2.38. The van der Waals surface area contributed by atoms with Gasteiger partial charge in [0.2, 0.25) is 10.0 Å². The molecule has 0 unspecified atom stereocenters. The highest BCUT2D eigenvalue weighted by atomic mass is 35.6. The van der Waals surface area contributed by atoms with Gasteiger partial charge in [-0.05, 0) is 31.2 Å². The smallest absolute Gasteiger partial charge is 0.410 e. The number of alkyl halides is 3. The van der Waals surface area contributed by atoms with E-state index in [1.165, 1.54) is 19.2 Å². The van der Waals surface area contributed by atoms with E-state index in [4.69, 9.17) is 44.3 Å². The summed E-state index contributed by atoms with van der Waals surface area (Å²) >= 11 is 17.1. The van der Waals surface area contributed by atoms with E-state index < -0.39 is 22.1 Å². The molecule has 0 aliphatic rings. The Balaban J connectivity index is 2.79. The van der Waals surface area contributed by atoms with Gasteiger partial charge < -0.3 is 14.2 Å². The van der Waals surface area contributed by atoms with Crippen molar-refractivity contribution in [1.82, 2.24) is 5.32 Å². The van der Waals surface area contributed by atoms with Gasteiger partial charge in [-0.15, -0.1) is 0 Å². The molecule has 1 aromatic carbocycles. The first-order valence-corrected chi connectivity index (χ1v) is 7.26. The van der Waals surface area contributed by atoms with E-state index in [0.717, 1.165) is 0 Å². The number of methoxy groups -OCH3 is 1. The summed E-state index contributed by atoms with van der Waals surface area (Å²) in [6, 6.07) is 6.08. The third-order valence-corrected chi connectivity index (χ3v) is 2.97. The maximum absolute atomic E-state index is 12.0. The molecule has 0 radical (unpaired) electrons. The molecule has 0 aliphatic carbocycles. The number of amides is 1. The molecule has 0 bridgehead atoms. The second kappa shape index (κ2) is 8.31. The van der Waals surface area contributed by atoms with E-state index >= 15 is 0 Å². The average molecular weight is 371 g/mol. The predicted octanol–water partition coefficient (Wildman–Crippen LogP) is 3.29. The largest absolute Gasteiger partial charge is 0.497 e. The molecule has 1 N–H and O–H groups in total. The zero-order chi connectivity index (χ0) is 16.8. The van der Waals surface area contributed by atoms with Gasteiger partial charge in [0.05, 0.1) is 19.3 Å². The highest BCUT2D eigenvalue weighted by Crippen LogP contribution is 2.31.